The van der Waals surface area contributed by atoms with Crippen LogP contribution in [0.4, 0.5) is 4.79 Å². The van der Waals surface area contributed by atoms with Crippen LogP contribution in [0.5, 0.6) is 0 Å². The van der Waals surface area contributed by atoms with Crippen molar-refractivity contribution in [3.8, 4) is 0 Å². The summed E-state index contributed by atoms with van der Waals surface area (Å²) in [6.07, 6.45) is -1.06. The number of amides is 1. The summed E-state index contributed by atoms with van der Waals surface area (Å²) in [6, 6.07) is 9.53. The van der Waals surface area contributed by atoms with E-state index < -0.39 is 17.8 Å². The van der Waals surface area contributed by atoms with Gasteiger partial charge in [-0.3, -0.25) is 0 Å². The van der Waals surface area contributed by atoms with E-state index in [1.165, 1.54) is 0 Å². The summed E-state index contributed by atoms with van der Waals surface area (Å²) in [5.74, 6) is 0. The van der Waals surface area contributed by atoms with Gasteiger partial charge in [-0.2, -0.15) is 0 Å². The van der Waals surface area contributed by atoms with Gasteiger partial charge in [0.2, 0.25) is 0 Å². The highest BCUT2D eigenvalue weighted by atomic mass is 16.6. The lowest BCUT2D eigenvalue weighted by atomic mass is 9.85. The van der Waals surface area contributed by atoms with Crippen molar-refractivity contribution in [1.29, 1.82) is 0 Å². The molecule has 2 atom stereocenters. The van der Waals surface area contributed by atoms with Gasteiger partial charge in [-0.25, -0.2) is 4.79 Å². The molecule has 0 aliphatic carbocycles. The van der Waals surface area contributed by atoms with Gasteiger partial charge >= 0.3 is 6.09 Å². The minimum Gasteiger partial charge on any atom is -0.445 e. The fraction of sp³-hybridized carbons (Fsp3) is 0.562. The van der Waals surface area contributed by atoms with Crippen LogP contribution in [-0.4, -0.2) is 58.7 Å². The average Bonchev–Trinajstić information content (AvgIpc) is 2.83. The van der Waals surface area contributed by atoms with E-state index in [1.807, 2.05) is 30.3 Å². The summed E-state index contributed by atoms with van der Waals surface area (Å²) in [5.41, 5.74) is 0.234. The third-order valence-electron chi connectivity index (χ3n) is 4.52. The van der Waals surface area contributed by atoms with E-state index in [9.17, 15) is 15.0 Å². The zero-order valence-corrected chi connectivity index (χ0v) is 12.4. The third-order valence-corrected chi connectivity index (χ3v) is 4.52. The summed E-state index contributed by atoms with van der Waals surface area (Å²) in [7, 11) is 0. The second-order valence-electron chi connectivity index (χ2n) is 5.92. The molecule has 2 aliphatic rings. The van der Waals surface area contributed by atoms with Crippen molar-refractivity contribution in [2.24, 2.45) is 0 Å². The van der Waals surface area contributed by atoms with E-state index >= 15 is 0 Å². The number of ether oxygens (including phenoxy) is 2. The van der Waals surface area contributed by atoms with Crippen molar-refractivity contribution < 1.29 is 24.5 Å². The van der Waals surface area contributed by atoms with E-state index in [0.717, 1.165) is 5.56 Å². The van der Waals surface area contributed by atoms with E-state index in [4.69, 9.17) is 9.47 Å². The molecule has 0 bridgehead atoms. The van der Waals surface area contributed by atoms with Gasteiger partial charge < -0.3 is 24.6 Å². The quantitative estimate of drug-likeness (QED) is 0.849. The molecule has 22 heavy (non-hydrogen) atoms. The molecule has 6 nitrogen and oxygen atoms in total. The largest absolute Gasteiger partial charge is 0.445 e. The Bertz CT molecular complexity index is 513. The maximum atomic E-state index is 12.1. The summed E-state index contributed by atoms with van der Waals surface area (Å²) in [6.45, 7) is 1.31. The van der Waals surface area contributed by atoms with Crippen molar-refractivity contribution in [3.05, 3.63) is 35.9 Å². The molecule has 3 rings (SSSR count). The first-order chi connectivity index (χ1) is 10.6. The molecule has 1 aromatic carbocycles. The minimum absolute atomic E-state index is 0.152. The summed E-state index contributed by atoms with van der Waals surface area (Å²) >= 11 is 0. The number of carbonyl (C=O) groups is 1. The normalized spacial score (nSPS) is 27.1. The molecule has 2 heterocycles. The number of hydrogen-bond donors (Lipinski definition) is 2. The molecule has 0 aromatic heterocycles. The van der Waals surface area contributed by atoms with Crippen LogP contribution in [0.15, 0.2) is 30.3 Å². The summed E-state index contributed by atoms with van der Waals surface area (Å²) < 4.78 is 10.9. The van der Waals surface area contributed by atoms with Gasteiger partial charge in [-0.1, -0.05) is 30.3 Å². The Labute approximate surface area is 129 Å². The maximum absolute atomic E-state index is 12.1. The Morgan fingerprint density at radius 2 is 1.95 bits per heavy atom. The molecule has 1 amide bonds. The smallest absolute Gasteiger partial charge is 0.410 e. The molecule has 6 heteroatoms. The minimum atomic E-state index is -0.880. The van der Waals surface area contributed by atoms with Crippen molar-refractivity contribution in [3.63, 3.8) is 0 Å². The molecule has 2 N–H and O–H groups in total. The molecule has 1 aromatic rings. The number of aliphatic hydroxyl groups is 2. The van der Waals surface area contributed by atoms with Gasteiger partial charge in [0.05, 0.1) is 6.61 Å². The molecule has 2 fully saturated rings. The zero-order valence-electron chi connectivity index (χ0n) is 12.4. The second kappa shape index (κ2) is 6.24. The standard InChI is InChI=1S/C16H21NO5/c18-13-11-22-16(14(13)19)6-8-17(9-7-16)15(20)21-10-12-4-2-1-3-5-12/h1-5,13-14,18-19H,6-11H2/t13-,14-/m1/s1. The Balaban J connectivity index is 1.50. The topological polar surface area (TPSA) is 79.2 Å². The monoisotopic (exact) mass is 307 g/mol. The predicted molar refractivity (Wildman–Crippen MR) is 78.1 cm³/mol. The molecule has 2 saturated heterocycles. The number of piperidine rings is 1. The molecule has 1 spiro atoms. The van der Waals surface area contributed by atoms with Crippen molar-refractivity contribution in [2.45, 2.75) is 37.3 Å². The SMILES string of the molecule is O=C(OCc1ccccc1)N1CCC2(CC1)OC[C@@H](O)[C@H]2O. The van der Waals surface area contributed by atoms with Crippen molar-refractivity contribution in [2.75, 3.05) is 19.7 Å². The fourth-order valence-corrected chi connectivity index (χ4v) is 3.10. The molecule has 0 saturated carbocycles. The lowest BCUT2D eigenvalue weighted by molar-refractivity contribution is -0.0962. The van der Waals surface area contributed by atoms with Gasteiger partial charge in [-0.05, 0) is 18.4 Å². The first kappa shape index (κ1) is 15.3. The molecular formula is C16H21NO5. The van der Waals surface area contributed by atoms with Crippen molar-refractivity contribution >= 4 is 6.09 Å². The first-order valence-corrected chi connectivity index (χ1v) is 7.56. The second-order valence-corrected chi connectivity index (χ2v) is 5.92. The van der Waals surface area contributed by atoms with Crippen LogP contribution in [0.25, 0.3) is 0 Å². The molecule has 120 valence electrons. The van der Waals surface area contributed by atoms with Crippen LogP contribution in [-0.2, 0) is 16.1 Å². The predicted octanol–water partition coefficient (Wildman–Crippen LogP) is 0.910. The fourth-order valence-electron chi connectivity index (χ4n) is 3.10. The third kappa shape index (κ3) is 2.95. The highest BCUT2D eigenvalue weighted by Gasteiger charge is 2.50. The highest BCUT2D eigenvalue weighted by Crippen LogP contribution is 2.36. The van der Waals surface area contributed by atoms with E-state index in [2.05, 4.69) is 0 Å². The molecule has 0 unspecified atom stereocenters. The number of hydrogen-bond acceptors (Lipinski definition) is 5. The Morgan fingerprint density at radius 1 is 1.27 bits per heavy atom. The molecular weight excluding hydrogens is 286 g/mol. The molecule has 0 radical (unpaired) electrons. The van der Waals surface area contributed by atoms with Crippen LogP contribution in [0.3, 0.4) is 0 Å². The number of rotatable bonds is 2. The van der Waals surface area contributed by atoms with Crippen LogP contribution in [0.1, 0.15) is 18.4 Å². The van der Waals surface area contributed by atoms with Crippen LogP contribution < -0.4 is 0 Å². The van der Waals surface area contributed by atoms with E-state index in [1.54, 1.807) is 4.90 Å². The van der Waals surface area contributed by atoms with Gasteiger partial charge in [0, 0.05) is 13.1 Å². The van der Waals surface area contributed by atoms with Crippen LogP contribution in [0.2, 0.25) is 0 Å². The number of likely N-dealkylation sites (tertiary alicyclic amines) is 1. The number of nitrogens with zero attached hydrogens (tertiary/aromatic N) is 1. The van der Waals surface area contributed by atoms with Gasteiger partial charge in [0.25, 0.3) is 0 Å². The number of aliphatic hydroxyl groups excluding tert-OH is 2. The van der Waals surface area contributed by atoms with Gasteiger partial charge in [-0.15, -0.1) is 0 Å². The van der Waals surface area contributed by atoms with E-state index in [-0.39, 0.29) is 19.3 Å². The van der Waals surface area contributed by atoms with E-state index in [0.29, 0.717) is 25.9 Å². The lowest BCUT2D eigenvalue weighted by Crippen LogP contribution is -2.52. The van der Waals surface area contributed by atoms with Crippen molar-refractivity contribution in [1.82, 2.24) is 4.90 Å². The van der Waals surface area contributed by atoms with Gasteiger partial charge in [0.1, 0.15) is 24.4 Å². The molecule has 2 aliphatic heterocycles. The number of carbonyl (C=O) groups excluding carboxylic acids is 1. The summed E-state index contributed by atoms with van der Waals surface area (Å²) in [4.78, 5) is 13.7. The highest BCUT2D eigenvalue weighted by molar-refractivity contribution is 5.67. The lowest BCUT2D eigenvalue weighted by Gasteiger charge is -2.39. The van der Waals surface area contributed by atoms with Gasteiger partial charge in [0.15, 0.2) is 0 Å². The Morgan fingerprint density at radius 3 is 2.55 bits per heavy atom. The Kier molecular flexibility index (Phi) is 4.33. The Hall–Kier alpha value is -1.63. The number of benzene rings is 1. The zero-order chi connectivity index (χ0) is 15.6. The van der Waals surface area contributed by atoms with Crippen LogP contribution >= 0.6 is 0 Å². The van der Waals surface area contributed by atoms with Crippen LogP contribution in [0, 0.1) is 0 Å². The first-order valence-electron chi connectivity index (χ1n) is 7.56. The maximum Gasteiger partial charge on any atom is 0.410 e. The summed E-state index contributed by atoms with van der Waals surface area (Å²) in [5, 5.41) is 19.7. The average molecular weight is 307 g/mol.